The number of carbonyl (C=O) groups excluding carboxylic acids is 2. The monoisotopic (exact) mass is 533 g/mol. The predicted octanol–water partition coefficient (Wildman–Crippen LogP) is 5.73. The Balaban J connectivity index is 1.37. The van der Waals surface area contributed by atoms with E-state index in [-0.39, 0.29) is 31.4 Å². The first-order valence-electron chi connectivity index (χ1n) is 10.7. The van der Waals surface area contributed by atoms with Gasteiger partial charge in [-0.2, -0.15) is 0 Å². The number of amides is 2. The standard InChI is InChI=1S/C25H22Cl3N3O4/c1-34-22-12-19(11-21(28)24(22)35-14-15-2-4-17(26)5-3-15)29-30-25(33)16-10-23(32)31(13-16)20-8-6-18(27)7-9-20/h2-9,11-12,16,29H,10,13-14H2,1H3,(H,30,33)/t16-/m0/s1. The van der Waals surface area contributed by atoms with Gasteiger partial charge in [-0.3, -0.25) is 20.4 Å². The number of nitrogens with zero attached hydrogens (tertiary/aromatic N) is 1. The minimum absolute atomic E-state index is 0.109. The van der Waals surface area contributed by atoms with Gasteiger partial charge in [0.25, 0.3) is 0 Å². The Bertz CT molecular complexity index is 1220. The molecule has 1 atom stereocenters. The normalized spacial score (nSPS) is 15.1. The lowest BCUT2D eigenvalue weighted by Crippen LogP contribution is -2.36. The van der Waals surface area contributed by atoms with Crippen LogP contribution in [0.1, 0.15) is 12.0 Å². The zero-order valence-corrected chi connectivity index (χ0v) is 21.0. The quantitative estimate of drug-likeness (QED) is 0.361. The number of nitrogens with one attached hydrogen (secondary N) is 2. The summed E-state index contributed by atoms with van der Waals surface area (Å²) >= 11 is 18.3. The molecule has 0 spiro atoms. The van der Waals surface area contributed by atoms with Gasteiger partial charge in [-0.05, 0) is 48.0 Å². The van der Waals surface area contributed by atoms with Crippen molar-refractivity contribution < 1.29 is 19.1 Å². The number of hydrogen-bond donors (Lipinski definition) is 2. The van der Waals surface area contributed by atoms with Gasteiger partial charge in [0.05, 0.1) is 23.7 Å². The number of hydrogen-bond acceptors (Lipinski definition) is 5. The third-order valence-electron chi connectivity index (χ3n) is 5.49. The van der Waals surface area contributed by atoms with Gasteiger partial charge in [-0.15, -0.1) is 0 Å². The Morgan fingerprint density at radius 3 is 2.34 bits per heavy atom. The number of hydrazine groups is 1. The molecule has 35 heavy (non-hydrogen) atoms. The fraction of sp³-hybridized carbons (Fsp3) is 0.200. The number of methoxy groups -OCH3 is 1. The van der Waals surface area contributed by atoms with E-state index in [1.807, 2.05) is 12.1 Å². The molecule has 0 radical (unpaired) electrons. The van der Waals surface area contributed by atoms with Gasteiger partial charge >= 0.3 is 0 Å². The topological polar surface area (TPSA) is 79.9 Å². The maximum atomic E-state index is 12.7. The molecule has 0 bridgehead atoms. The summed E-state index contributed by atoms with van der Waals surface area (Å²) < 4.78 is 11.3. The highest BCUT2D eigenvalue weighted by molar-refractivity contribution is 6.32. The summed E-state index contributed by atoms with van der Waals surface area (Å²) in [6.07, 6.45) is 0.109. The van der Waals surface area contributed by atoms with Crippen LogP contribution in [-0.4, -0.2) is 25.5 Å². The maximum absolute atomic E-state index is 12.7. The van der Waals surface area contributed by atoms with Crippen LogP contribution in [0.15, 0.2) is 60.7 Å². The van der Waals surface area contributed by atoms with Crippen molar-refractivity contribution in [3.63, 3.8) is 0 Å². The van der Waals surface area contributed by atoms with Crippen molar-refractivity contribution in [2.24, 2.45) is 5.92 Å². The summed E-state index contributed by atoms with van der Waals surface area (Å²) in [6.45, 7) is 0.548. The second-order valence-electron chi connectivity index (χ2n) is 7.90. The first-order chi connectivity index (χ1) is 16.8. The van der Waals surface area contributed by atoms with E-state index in [0.717, 1.165) is 5.56 Å². The van der Waals surface area contributed by atoms with E-state index in [2.05, 4.69) is 10.9 Å². The molecule has 4 rings (SSSR count). The summed E-state index contributed by atoms with van der Waals surface area (Å²) in [4.78, 5) is 26.7. The number of anilines is 2. The number of rotatable bonds is 8. The van der Waals surface area contributed by atoms with Crippen molar-refractivity contribution >= 4 is 58.0 Å². The van der Waals surface area contributed by atoms with Gasteiger partial charge in [0, 0.05) is 34.8 Å². The second-order valence-corrected chi connectivity index (χ2v) is 9.18. The van der Waals surface area contributed by atoms with Crippen LogP contribution in [0, 0.1) is 5.92 Å². The Morgan fingerprint density at radius 1 is 1.03 bits per heavy atom. The molecule has 1 aliphatic rings. The van der Waals surface area contributed by atoms with E-state index in [1.165, 1.54) is 7.11 Å². The van der Waals surface area contributed by atoms with Crippen molar-refractivity contribution in [3.8, 4) is 11.5 Å². The van der Waals surface area contributed by atoms with E-state index in [9.17, 15) is 9.59 Å². The van der Waals surface area contributed by atoms with Crippen molar-refractivity contribution in [3.05, 3.63) is 81.3 Å². The summed E-state index contributed by atoms with van der Waals surface area (Å²) in [5.41, 5.74) is 7.60. The minimum atomic E-state index is -0.509. The molecule has 0 aliphatic carbocycles. The van der Waals surface area contributed by atoms with E-state index in [4.69, 9.17) is 44.3 Å². The summed E-state index contributed by atoms with van der Waals surface area (Å²) in [6, 6.07) is 17.5. The van der Waals surface area contributed by atoms with Gasteiger partial charge in [0.1, 0.15) is 6.61 Å². The SMILES string of the molecule is COc1cc(NNC(=O)[C@H]2CC(=O)N(c3ccc(Cl)cc3)C2)cc(Cl)c1OCc1ccc(Cl)cc1. The average molecular weight is 535 g/mol. The zero-order valence-electron chi connectivity index (χ0n) is 18.7. The lowest BCUT2D eigenvalue weighted by Gasteiger charge is -2.18. The molecule has 7 nitrogen and oxygen atoms in total. The zero-order chi connectivity index (χ0) is 24.9. The summed E-state index contributed by atoms with van der Waals surface area (Å²) in [5, 5.41) is 1.52. The summed E-state index contributed by atoms with van der Waals surface area (Å²) in [7, 11) is 1.50. The molecule has 1 fully saturated rings. The van der Waals surface area contributed by atoms with Crippen LogP contribution in [0.2, 0.25) is 15.1 Å². The second kappa shape index (κ2) is 11.1. The molecular weight excluding hydrogens is 513 g/mol. The average Bonchev–Trinajstić information content (AvgIpc) is 3.24. The predicted molar refractivity (Wildman–Crippen MR) is 137 cm³/mol. The van der Waals surface area contributed by atoms with Crippen LogP contribution < -0.4 is 25.2 Å². The molecule has 1 saturated heterocycles. The molecular formula is C25H22Cl3N3O4. The molecule has 1 heterocycles. The number of halogens is 3. The smallest absolute Gasteiger partial charge is 0.243 e. The molecule has 0 aromatic heterocycles. The maximum Gasteiger partial charge on any atom is 0.243 e. The van der Waals surface area contributed by atoms with E-state index >= 15 is 0 Å². The van der Waals surface area contributed by atoms with Crippen molar-refractivity contribution in [2.45, 2.75) is 13.0 Å². The molecule has 2 N–H and O–H groups in total. The third-order valence-corrected chi connectivity index (χ3v) is 6.27. The highest BCUT2D eigenvalue weighted by Crippen LogP contribution is 2.38. The third kappa shape index (κ3) is 6.11. The lowest BCUT2D eigenvalue weighted by atomic mass is 10.1. The van der Waals surface area contributed by atoms with E-state index < -0.39 is 5.92 Å². The first-order valence-corrected chi connectivity index (χ1v) is 11.8. The number of carbonyl (C=O) groups is 2. The molecule has 3 aromatic carbocycles. The fourth-order valence-electron chi connectivity index (χ4n) is 3.66. The molecule has 3 aromatic rings. The highest BCUT2D eigenvalue weighted by atomic mass is 35.5. The van der Waals surface area contributed by atoms with Gasteiger partial charge in [-0.25, -0.2) is 0 Å². The number of ether oxygens (including phenoxy) is 2. The van der Waals surface area contributed by atoms with Crippen molar-refractivity contribution in [2.75, 3.05) is 24.0 Å². The van der Waals surface area contributed by atoms with Crippen LogP contribution in [0.4, 0.5) is 11.4 Å². The lowest BCUT2D eigenvalue weighted by molar-refractivity contribution is -0.125. The first kappa shape index (κ1) is 25.0. The van der Waals surface area contributed by atoms with Crippen LogP contribution in [0.5, 0.6) is 11.5 Å². The van der Waals surface area contributed by atoms with Crippen LogP contribution in [0.3, 0.4) is 0 Å². The molecule has 1 aliphatic heterocycles. The van der Waals surface area contributed by atoms with Gasteiger partial charge in [0.15, 0.2) is 11.5 Å². The Kier molecular flexibility index (Phi) is 7.90. The summed E-state index contributed by atoms with van der Waals surface area (Å²) in [5.74, 6) is -0.175. The van der Waals surface area contributed by atoms with Crippen molar-refractivity contribution in [1.82, 2.24) is 5.43 Å². The largest absolute Gasteiger partial charge is 0.493 e. The Hall–Kier alpha value is -3.13. The molecule has 10 heteroatoms. The van der Waals surface area contributed by atoms with Gasteiger partial charge in [0.2, 0.25) is 11.8 Å². The molecule has 0 unspecified atom stereocenters. The minimum Gasteiger partial charge on any atom is -0.493 e. The van der Waals surface area contributed by atoms with Crippen LogP contribution in [0.25, 0.3) is 0 Å². The van der Waals surface area contributed by atoms with Crippen LogP contribution >= 0.6 is 34.8 Å². The number of benzene rings is 3. The van der Waals surface area contributed by atoms with E-state index in [0.29, 0.717) is 37.9 Å². The van der Waals surface area contributed by atoms with Gasteiger partial charge < -0.3 is 14.4 Å². The van der Waals surface area contributed by atoms with Crippen LogP contribution in [-0.2, 0) is 16.2 Å². The Labute approximate surface area is 217 Å². The fourth-order valence-corrected chi connectivity index (χ4v) is 4.18. The van der Waals surface area contributed by atoms with E-state index in [1.54, 1.807) is 53.4 Å². The van der Waals surface area contributed by atoms with Crippen molar-refractivity contribution in [1.29, 1.82) is 0 Å². The highest BCUT2D eigenvalue weighted by Gasteiger charge is 2.35. The Morgan fingerprint density at radius 2 is 1.69 bits per heavy atom. The van der Waals surface area contributed by atoms with Gasteiger partial charge in [-0.1, -0.05) is 46.9 Å². The molecule has 2 amide bonds. The molecule has 0 saturated carbocycles. The molecule has 182 valence electrons.